The minimum Gasteiger partial charge on any atom is -0.398 e. The molecule has 0 fully saturated rings. The van der Waals surface area contributed by atoms with Gasteiger partial charge < -0.3 is 14.6 Å². The van der Waals surface area contributed by atoms with Crippen LogP contribution in [0.4, 0.5) is 0 Å². The number of rotatable bonds is 6. The predicted molar refractivity (Wildman–Crippen MR) is 48.5 cm³/mol. The van der Waals surface area contributed by atoms with Crippen molar-refractivity contribution in [1.29, 1.82) is 0 Å². The maximum absolute atomic E-state index is 5.38. The van der Waals surface area contributed by atoms with E-state index in [0.29, 0.717) is 0 Å². The van der Waals surface area contributed by atoms with Gasteiger partial charge in [0.25, 0.3) is 0 Å². The summed E-state index contributed by atoms with van der Waals surface area (Å²) in [5, 5.41) is 0. The van der Waals surface area contributed by atoms with Crippen LogP contribution in [0.1, 0.15) is 19.8 Å². The van der Waals surface area contributed by atoms with Crippen molar-refractivity contribution >= 4 is 8.56 Å². The minimum atomic E-state index is -1.87. The molecule has 0 amide bonds. The Bertz CT molecular complexity index is 102. The van der Waals surface area contributed by atoms with Crippen LogP contribution >= 0.6 is 0 Å². The van der Waals surface area contributed by atoms with Crippen molar-refractivity contribution in [3.05, 3.63) is 0 Å². The molecule has 4 heteroatoms. The van der Waals surface area contributed by atoms with Gasteiger partial charge in [0.1, 0.15) is 0 Å². The zero-order chi connectivity index (χ0) is 8.74. The van der Waals surface area contributed by atoms with Gasteiger partial charge in [-0.25, -0.2) is 0 Å². The molecule has 0 bridgehead atoms. The van der Waals surface area contributed by atoms with Gasteiger partial charge in [-0.2, -0.15) is 0 Å². The molecule has 0 rings (SSSR count). The second-order valence-corrected chi connectivity index (χ2v) is 6.22. The second-order valence-electron chi connectivity index (χ2n) is 2.75. The summed E-state index contributed by atoms with van der Waals surface area (Å²) in [6.07, 6.45) is 2.34. The van der Waals surface area contributed by atoms with Crippen LogP contribution in [-0.2, 0) is 8.85 Å². The van der Waals surface area contributed by atoms with E-state index in [-0.39, 0.29) is 6.73 Å². The van der Waals surface area contributed by atoms with Crippen molar-refractivity contribution in [2.45, 2.75) is 32.4 Å². The van der Waals surface area contributed by atoms with Gasteiger partial charge in [-0.3, -0.25) is 0 Å². The van der Waals surface area contributed by atoms with Gasteiger partial charge in [-0.05, 0) is 12.6 Å². The topological polar surface area (TPSA) is 44.5 Å². The number of hydrogen-bond donors (Lipinski definition) is 1. The molecule has 0 saturated heterocycles. The lowest BCUT2D eigenvalue weighted by Crippen LogP contribution is -2.39. The first-order valence-electron chi connectivity index (χ1n) is 4.07. The monoisotopic (exact) mass is 177 g/mol. The van der Waals surface area contributed by atoms with Crippen molar-refractivity contribution in [2.75, 3.05) is 13.8 Å². The third kappa shape index (κ3) is 4.52. The third-order valence-electron chi connectivity index (χ3n) is 1.80. The van der Waals surface area contributed by atoms with E-state index in [4.69, 9.17) is 14.6 Å². The first-order chi connectivity index (χ1) is 5.18. The van der Waals surface area contributed by atoms with E-state index < -0.39 is 8.56 Å². The summed E-state index contributed by atoms with van der Waals surface area (Å²) in [6, 6.07) is 1.04. The number of hydrogen-bond acceptors (Lipinski definition) is 3. The molecule has 0 aromatic heterocycles. The minimum absolute atomic E-state index is 0.278. The molecule has 2 N–H and O–H groups in total. The van der Waals surface area contributed by atoms with Gasteiger partial charge >= 0.3 is 8.56 Å². The van der Waals surface area contributed by atoms with E-state index in [2.05, 4.69) is 13.5 Å². The fourth-order valence-corrected chi connectivity index (χ4v) is 2.72. The van der Waals surface area contributed by atoms with E-state index in [1.807, 2.05) is 0 Å². The maximum Gasteiger partial charge on any atom is 0.335 e. The normalized spacial score (nSPS) is 16.4. The van der Waals surface area contributed by atoms with Gasteiger partial charge in [0.05, 0.1) is 6.73 Å². The summed E-state index contributed by atoms with van der Waals surface area (Å²) in [5.74, 6) is 0. The van der Waals surface area contributed by atoms with Gasteiger partial charge in [0.15, 0.2) is 0 Å². The van der Waals surface area contributed by atoms with Crippen LogP contribution in [0.25, 0.3) is 0 Å². The Kier molecular flexibility index (Phi) is 5.76. The summed E-state index contributed by atoms with van der Waals surface area (Å²) in [6.45, 7) is 4.49. The standard InChI is InChI=1S/C7H19NO2Si/c1-4-5-6-11(3,9-2)10-7-8/h4-8H2,1-3H3. The summed E-state index contributed by atoms with van der Waals surface area (Å²) in [7, 11) is -0.163. The Morgan fingerprint density at radius 3 is 2.45 bits per heavy atom. The lowest BCUT2D eigenvalue weighted by atomic mass is 10.4. The van der Waals surface area contributed by atoms with E-state index >= 15 is 0 Å². The molecule has 0 spiro atoms. The molecule has 0 aromatic carbocycles. The van der Waals surface area contributed by atoms with Gasteiger partial charge in [0, 0.05) is 7.11 Å². The van der Waals surface area contributed by atoms with Crippen LogP contribution in [0.15, 0.2) is 0 Å². The van der Waals surface area contributed by atoms with Crippen molar-refractivity contribution in [3.8, 4) is 0 Å². The van der Waals surface area contributed by atoms with Crippen LogP contribution in [-0.4, -0.2) is 22.4 Å². The smallest absolute Gasteiger partial charge is 0.335 e. The largest absolute Gasteiger partial charge is 0.398 e. The average Bonchev–Trinajstić information content (AvgIpc) is 2.02. The maximum atomic E-state index is 5.38. The summed E-state index contributed by atoms with van der Waals surface area (Å²) < 4.78 is 10.7. The Morgan fingerprint density at radius 2 is 2.09 bits per heavy atom. The predicted octanol–water partition coefficient (Wildman–Crippen LogP) is 1.44. The van der Waals surface area contributed by atoms with Gasteiger partial charge in [-0.1, -0.05) is 19.8 Å². The Hall–Kier alpha value is 0.0969. The molecule has 0 aromatic rings. The van der Waals surface area contributed by atoms with Gasteiger partial charge in [-0.15, -0.1) is 0 Å². The summed E-state index contributed by atoms with van der Waals surface area (Å²) in [4.78, 5) is 0. The summed E-state index contributed by atoms with van der Waals surface area (Å²) in [5.41, 5.74) is 5.29. The first-order valence-corrected chi connectivity index (χ1v) is 6.60. The molecule has 1 atom stereocenters. The van der Waals surface area contributed by atoms with Crippen LogP contribution < -0.4 is 5.73 Å². The fraction of sp³-hybridized carbons (Fsp3) is 1.00. The zero-order valence-corrected chi connectivity index (χ0v) is 8.72. The highest BCUT2D eigenvalue weighted by molar-refractivity contribution is 6.65. The van der Waals surface area contributed by atoms with Crippen LogP contribution in [0.5, 0.6) is 0 Å². The van der Waals surface area contributed by atoms with Crippen molar-refractivity contribution in [2.24, 2.45) is 5.73 Å². The molecular weight excluding hydrogens is 158 g/mol. The van der Waals surface area contributed by atoms with E-state index in [1.54, 1.807) is 7.11 Å². The number of nitrogens with two attached hydrogens (primary N) is 1. The molecule has 11 heavy (non-hydrogen) atoms. The third-order valence-corrected chi connectivity index (χ3v) is 4.71. The average molecular weight is 177 g/mol. The molecule has 0 aliphatic heterocycles. The lowest BCUT2D eigenvalue weighted by molar-refractivity contribution is 0.209. The van der Waals surface area contributed by atoms with Crippen LogP contribution in [0, 0.1) is 0 Å². The molecule has 0 heterocycles. The lowest BCUT2D eigenvalue weighted by Gasteiger charge is -2.23. The molecule has 3 nitrogen and oxygen atoms in total. The second kappa shape index (κ2) is 5.71. The SMILES string of the molecule is CCCC[Si](C)(OC)OCN. The van der Waals surface area contributed by atoms with Crippen LogP contribution in [0.2, 0.25) is 12.6 Å². The van der Waals surface area contributed by atoms with Gasteiger partial charge in [0.2, 0.25) is 0 Å². The van der Waals surface area contributed by atoms with Crippen molar-refractivity contribution in [1.82, 2.24) is 0 Å². The highest BCUT2D eigenvalue weighted by Crippen LogP contribution is 2.14. The first kappa shape index (κ1) is 11.1. The van der Waals surface area contributed by atoms with Crippen LogP contribution in [0.3, 0.4) is 0 Å². The molecule has 0 saturated carbocycles. The fourth-order valence-electron chi connectivity index (χ4n) is 0.907. The van der Waals surface area contributed by atoms with E-state index in [1.165, 1.54) is 6.42 Å². The highest BCUT2D eigenvalue weighted by atomic mass is 28.4. The number of unbranched alkanes of at least 4 members (excludes halogenated alkanes) is 1. The van der Waals surface area contributed by atoms with Crippen molar-refractivity contribution < 1.29 is 8.85 Å². The highest BCUT2D eigenvalue weighted by Gasteiger charge is 2.28. The Balaban J connectivity index is 3.68. The van der Waals surface area contributed by atoms with E-state index in [9.17, 15) is 0 Å². The molecule has 0 aliphatic carbocycles. The quantitative estimate of drug-likeness (QED) is 0.493. The molecule has 0 aliphatic rings. The molecular formula is C7H19NO2Si. The molecule has 68 valence electrons. The summed E-state index contributed by atoms with van der Waals surface area (Å²) >= 11 is 0. The molecule has 1 unspecified atom stereocenters. The van der Waals surface area contributed by atoms with Crippen molar-refractivity contribution in [3.63, 3.8) is 0 Å². The van der Waals surface area contributed by atoms with E-state index in [0.717, 1.165) is 12.5 Å². The Morgan fingerprint density at radius 1 is 1.45 bits per heavy atom. The zero-order valence-electron chi connectivity index (χ0n) is 7.72. The Labute approximate surface area is 70.1 Å². The molecule has 0 radical (unpaired) electrons.